The van der Waals surface area contributed by atoms with Crippen molar-refractivity contribution >= 4 is 34.8 Å². The highest BCUT2D eigenvalue weighted by Crippen LogP contribution is 2.24. The number of nitrogens with zero attached hydrogens (tertiary/aromatic N) is 2. The van der Waals surface area contributed by atoms with E-state index in [-0.39, 0.29) is 34.6 Å². The maximum absolute atomic E-state index is 11.9. The molecular formula is C15H19ClN4O4. The maximum atomic E-state index is 11.9. The lowest BCUT2D eigenvalue weighted by molar-refractivity contribution is -0.384. The van der Waals surface area contributed by atoms with Gasteiger partial charge in [0.15, 0.2) is 0 Å². The summed E-state index contributed by atoms with van der Waals surface area (Å²) in [6.45, 7) is 5.46. The van der Waals surface area contributed by atoms with Crippen LogP contribution in [0, 0.1) is 10.1 Å². The molecule has 0 bridgehead atoms. The lowest BCUT2D eigenvalue weighted by Crippen LogP contribution is -2.33. The van der Waals surface area contributed by atoms with E-state index in [9.17, 15) is 19.7 Å². The molecule has 0 aliphatic rings. The summed E-state index contributed by atoms with van der Waals surface area (Å²) in [5.74, 6) is -0.758. The second-order valence-electron chi connectivity index (χ2n) is 5.26. The molecule has 1 atom stereocenters. The van der Waals surface area contributed by atoms with Crippen LogP contribution in [0.25, 0.3) is 0 Å². The highest BCUT2D eigenvalue weighted by molar-refractivity contribution is 6.33. The van der Waals surface area contributed by atoms with Crippen LogP contribution in [0.3, 0.4) is 0 Å². The van der Waals surface area contributed by atoms with Gasteiger partial charge in [0.2, 0.25) is 5.91 Å². The molecule has 0 radical (unpaired) electrons. The Morgan fingerprint density at radius 1 is 1.42 bits per heavy atom. The standard InChI is InChI=1S/C15H19ClN4O4/c1-4-9(2)17-14(21)7-10(3)18-19-15(22)11-5-6-13(20(23)24)12(16)8-11/h5-6,8-9H,4,7H2,1-3H3,(H,17,21)(H,19,22)/b18-10-/t9-/m0/s1. The molecule has 1 rings (SSSR count). The number of amides is 2. The van der Waals surface area contributed by atoms with Gasteiger partial charge < -0.3 is 5.32 Å². The molecule has 9 heteroatoms. The molecule has 0 aliphatic carbocycles. The van der Waals surface area contributed by atoms with Gasteiger partial charge in [-0.25, -0.2) is 5.43 Å². The first-order valence-electron chi connectivity index (χ1n) is 7.31. The van der Waals surface area contributed by atoms with Crippen LogP contribution in [0.5, 0.6) is 0 Å². The Kier molecular flexibility index (Phi) is 7.31. The van der Waals surface area contributed by atoms with Crippen molar-refractivity contribution in [2.75, 3.05) is 0 Å². The first-order chi connectivity index (χ1) is 11.2. The van der Waals surface area contributed by atoms with E-state index < -0.39 is 10.8 Å². The van der Waals surface area contributed by atoms with E-state index >= 15 is 0 Å². The molecule has 130 valence electrons. The van der Waals surface area contributed by atoms with Crippen LogP contribution < -0.4 is 10.7 Å². The third-order valence-electron chi connectivity index (χ3n) is 3.19. The molecule has 0 spiro atoms. The summed E-state index contributed by atoms with van der Waals surface area (Å²) in [7, 11) is 0. The lowest BCUT2D eigenvalue weighted by atomic mass is 10.2. The number of halogens is 1. The molecule has 0 aliphatic heterocycles. The van der Waals surface area contributed by atoms with E-state index in [0.29, 0.717) is 5.71 Å². The van der Waals surface area contributed by atoms with Crippen LogP contribution in [0.2, 0.25) is 5.02 Å². The Bertz CT molecular complexity index is 675. The van der Waals surface area contributed by atoms with Crippen molar-refractivity contribution in [3.05, 3.63) is 38.9 Å². The Morgan fingerprint density at radius 3 is 2.62 bits per heavy atom. The summed E-state index contributed by atoms with van der Waals surface area (Å²) in [6.07, 6.45) is 0.880. The molecule has 0 unspecified atom stereocenters. The van der Waals surface area contributed by atoms with Gasteiger partial charge in [-0.15, -0.1) is 0 Å². The average molecular weight is 355 g/mol. The molecule has 24 heavy (non-hydrogen) atoms. The van der Waals surface area contributed by atoms with E-state index in [1.165, 1.54) is 12.1 Å². The summed E-state index contributed by atoms with van der Waals surface area (Å²) in [4.78, 5) is 33.7. The van der Waals surface area contributed by atoms with Crippen molar-refractivity contribution in [1.29, 1.82) is 0 Å². The number of carbonyl (C=O) groups excluding carboxylic acids is 2. The number of benzene rings is 1. The van der Waals surface area contributed by atoms with Gasteiger partial charge in [-0.1, -0.05) is 18.5 Å². The van der Waals surface area contributed by atoms with Crippen LogP contribution in [0.15, 0.2) is 23.3 Å². The second kappa shape index (κ2) is 8.97. The number of rotatable bonds is 7. The summed E-state index contributed by atoms with van der Waals surface area (Å²) >= 11 is 5.75. The Morgan fingerprint density at radius 2 is 2.08 bits per heavy atom. The highest BCUT2D eigenvalue weighted by atomic mass is 35.5. The minimum atomic E-state index is -0.637. The highest BCUT2D eigenvalue weighted by Gasteiger charge is 2.15. The average Bonchev–Trinajstić information content (AvgIpc) is 2.51. The van der Waals surface area contributed by atoms with Crippen molar-refractivity contribution in [1.82, 2.24) is 10.7 Å². The van der Waals surface area contributed by atoms with E-state index in [4.69, 9.17) is 11.6 Å². The maximum Gasteiger partial charge on any atom is 0.287 e. The topological polar surface area (TPSA) is 114 Å². The predicted octanol–water partition coefficient (Wildman–Crippen LogP) is 2.66. The largest absolute Gasteiger partial charge is 0.353 e. The Labute approximate surface area is 144 Å². The smallest absolute Gasteiger partial charge is 0.287 e. The van der Waals surface area contributed by atoms with Gasteiger partial charge in [-0.05, 0) is 32.4 Å². The Hall–Kier alpha value is -2.48. The van der Waals surface area contributed by atoms with E-state index in [0.717, 1.165) is 12.5 Å². The zero-order chi connectivity index (χ0) is 18.3. The fourth-order valence-corrected chi connectivity index (χ4v) is 1.96. The molecule has 0 heterocycles. The molecule has 0 fully saturated rings. The molecule has 0 saturated heterocycles. The van der Waals surface area contributed by atoms with Gasteiger partial charge in [0.25, 0.3) is 11.6 Å². The van der Waals surface area contributed by atoms with Crippen LogP contribution in [-0.4, -0.2) is 28.5 Å². The molecule has 0 aromatic heterocycles. The van der Waals surface area contributed by atoms with Crippen LogP contribution in [0.4, 0.5) is 5.69 Å². The minimum absolute atomic E-state index is 0.0611. The number of nitro benzene ring substituents is 1. The van der Waals surface area contributed by atoms with Gasteiger partial charge in [0.1, 0.15) is 5.02 Å². The van der Waals surface area contributed by atoms with Crippen molar-refractivity contribution in [2.24, 2.45) is 5.10 Å². The number of nitro groups is 1. The normalized spacial score (nSPS) is 12.4. The monoisotopic (exact) mass is 354 g/mol. The number of hydrogen-bond acceptors (Lipinski definition) is 5. The van der Waals surface area contributed by atoms with E-state index in [2.05, 4.69) is 15.8 Å². The van der Waals surface area contributed by atoms with Gasteiger partial charge >= 0.3 is 0 Å². The number of carbonyl (C=O) groups is 2. The third-order valence-corrected chi connectivity index (χ3v) is 3.49. The van der Waals surface area contributed by atoms with Crippen LogP contribution in [0.1, 0.15) is 44.0 Å². The first kappa shape index (κ1) is 19.6. The summed E-state index contributed by atoms with van der Waals surface area (Å²) < 4.78 is 0. The SMILES string of the molecule is CC[C@H](C)NC(=O)C/C(C)=N\NC(=O)c1ccc([N+](=O)[O-])c(Cl)c1. The predicted molar refractivity (Wildman–Crippen MR) is 91.2 cm³/mol. The number of hydrazone groups is 1. The van der Waals surface area contributed by atoms with Gasteiger partial charge in [0, 0.05) is 23.4 Å². The van der Waals surface area contributed by atoms with Crippen molar-refractivity contribution < 1.29 is 14.5 Å². The number of hydrogen-bond donors (Lipinski definition) is 2. The zero-order valence-electron chi connectivity index (χ0n) is 13.6. The second-order valence-corrected chi connectivity index (χ2v) is 5.67. The third kappa shape index (κ3) is 5.96. The Balaban J connectivity index is 2.66. The van der Waals surface area contributed by atoms with Crippen molar-refractivity contribution in [3.63, 3.8) is 0 Å². The zero-order valence-corrected chi connectivity index (χ0v) is 14.4. The fourth-order valence-electron chi connectivity index (χ4n) is 1.71. The quantitative estimate of drug-likeness (QED) is 0.445. The van der Waals surface area contributed by atoms with E-state index in [1.54, 1.807) is 6.92 Å². The summed E-state index contributed by atoms with van der Waals surface area (Å²) in [5.41, 5.74) is 2.56. The fraction of sp³-hybridized carbons (Fsp3) is 0.400. The summed E-state index contributed by atoms with van der Waals surface area (Å²) in [6, 6.07) is 3.69. The van der Waals surface area contributed by atoms with Crippen molar-refractivity contribution in [2.45, 2.75) is 39.7 Å². The van der Waals surface area contributed by atoms with Gasteiger partial charge in [-0.2, -0.15) is 5.10 Å². The van der Waals surface area contributed by atoms with Gasteiger partial charge in [0.05, 0.1) is 11.3 Å². The summed E-state index contributed by atoms with van der Waals surface area (Å²) in [5, 5.41) is 17.2. The van der Waals surface area contributed by atoms with Crippen LogP contribution in [-0.2, 0) is 4.79 Å². The lowest BCUT2D eigenvalue weighted by Gasteiger charge is -2.11. The molecule has 1 aromatic rings. The minimum Gasteiger partial charge on any atom is -0.353 e. The van der Waals surface area contributed by atoms with Gasteiger partial charge in [-0.3, -0.25) is 19.7 Å². The van der Waals surface area contributed by atoms with Crippen LogP contribution >= 0.6 is 11.6 Å². The first-order valence-corrected chi connectivity index (χ1v) is 7.69. The molecule has 8 nitrogen and oxygen atoms in total. The molecule has 2 N–H and O–H groups in total. The number of nitrogens with one attached hydrogen (secondary N) is 2. The van der Waals surface area contributed by atoms with E-state index in [1.807, 2.05) is 13.8 Å². The molecule has 0 saturated carbocycles. The van der Waals surface area contributed by atoms with Crippen molar-refractivity contribution in [3.8, 4) is 0 Å². The molecule has 1 aromatic carbocycles. The molecular weight excluding hydrogens is 336 g/mol. The molecule has 2 amide bonds.